The van der Waals surface area contributed by atoms with Crippen molar-refractivity contribution in [3.63, 3.8) is 0 Å². The molecule has 0 spiro atoms. The third kappa shape index (κ3) is 3.79. The maximum atomic E-state index is 13.0. The average molecular weight is 420 g/mol. The molecule has 3 amide bonds. The Kier molecular flexibility index (Phi) is 5.50. The molecule has 31 heavy (non-hydrogen) atoms. The van der Waals surface area contributed by atoms with Crippen LogP contribution in [0.4, 0.5) is 11.4 Å². The number of hydrogen-bond acceptors (Lipinski definition) is 5. The maximum absolute atomic E-state index is 13.0. The zero-order valence-corrected chi connectivity index (χ0v) is 17.7. The lowest BCUT2D eigenvalue weighted by Crippen LogP contribution is -2.31. The van der Waals surface area contributed by atoms with Crippen molar-refractivity contribution < 1.29 is 23.9 Å². The Bertz CT molecular complexity index is 1090. The number of fused-ring (bicyclic) bond motifs is 1. The third-order valence-electron chi connectivity index (χ3n) is 5.84. The molecule has 7 nitrogen and oxygen atoms in total. The van der Waals surface area contributed by atoms with Gasteiger partial charge in [-0.1, -0.05) is 17.7 Å². The molecule has 1 N–H and O–H groups in total. The fraction of sp³-hybridized carbons (Fsp3) is 0.292. The Balaban J connectivity index is 1.59. The Morgan fingerprint density at radius 2 is 1.81 bits per heavy atom. The van der Waals surface area contributed by atoms with E-state index in [2.05, 4.69) is 5.32 Å². The van der Waals surface area contributed by atoms with Crippen LogP contribution < -0.4 is 19.7 Å². The number of nitrogens with one attached hydrogen (secondary N) is 1. The fourth-order valence-electron chi connectivity index (χ4n) is 4.18. The highest BCUT2D eigenvalue weighted by Gasteiger charge is 2.48. The summed E-state index contributed by atoms with van der Waals surface area (Å²) >= 11 is 0. The van der Waals surface area contributed by atoms with E-state index in [4.69, 9.17) is 9.47 Å². The number of ether oxygens (including phenoxy) is 2. The van der Waals surface area contributed by atoms with Crippen LogP contribution >= 0.6 is 0 Å². The summed E-state index contributed by atoms with van der Waals surface area (Å²) < 4.78 is 10.5. The number of imide groups is 1. The smallest absolute Gasteiger partial charge is 0.255 e. The van der Waals surface area contributed by atoms with Crippen molar-refractivity contribution in [3.05, 3.63) is 59.7 Å². The fourth-order valence-corrected chi connectivity index (χ4v) is 4.18. The summed E-state index contributed by atoms with van der Waals surface area (Å²) in [6, 6.07) is 11.6. The molecule has 1 saturated heterocycles. The molecule has 1 aliphatic carbocycles. The number of hydrogen-bond donors (Lipinski definition) is 1. The van der Waals surface area contributed by atoms with E-state index in [1.165, 1.54) is 19.1 Å². The van der Waals surface area contributed by atoms with Crippen LogP contribution in [0, 0.1) is 11.8 Å². The number of nitrogens with zero attached hydrogens (tertiary/aromatic N) is 1. The summed E-state index contributed by atoms with van der Waals surface area (Å²) in [6.07, 6.45) is 3.20. The zero-order valence-electron chi connectivity index (χ0n) is 17.7. The number of rotatable bonds is 5. The van der Waals surface area contributed by atoms with Crippen molar-refractivity contribution in [2.45, 2.75) is 19.8 Å². The van der Waals surface area contributed by atoms with Crippen molar-refractivity contribution in [3.8, 4) is 11.5 Å². The lowest BCUT2D eigenvalue weighted by Gasteiger charge is -2.18. The molecule has 7 heteroatoms. The predicted octanol–water partition coefficient (Wildman–Crippen LogP) is 3.80. The van der Waals surface area contributed by atoms with Crippen LogP contribution in [0.2, 0.25) is 0 Å². The van der Waals surface area contributed by atoms with E-state index in [0.717, 1.165) is 5.57 Å². The minimum absolute atomic E-state index is 0.200. The molecule has 0 bridgehead atoms. The first-order valence-corrected chi connectivity index (χ1v) is 10.1. The highest BCUT2D eigenvalue weighted by Crippen LogP contribution is 2.40. The van der Waals surface area contributed by atoms with Gasteiger partial charge in [0.05, 0.1) is 37.4 Å². The van der Waals surface area contributed by atoms with Crippen LogP contribution in [0.25, 0.3) is 0 Å². The first kappa shape index (κ1) is 20.7. The van der Waals surface area contributed by atoms with Crippen LogP contribution in [-0.2, 0) is 9.59 Å². The van der Waals surface area contributed by atoms with Crippen molar-refractivity contribution in [1.82, 2.24) is 0 Å². The molecule has 160 valence electrons. The lowest BCUT2D eigenvalue weighted by molar-refractivity contribution is -0.122. The van der Waals surface area contributed by atoms with Gasteiger partial charge in [-0.25, -0.2) is 0 Å². The van der Waals surface area contributed by atoms with E-state index in [1.54, 1.807) is 42.5 Å². The molecule has 1 heterocycles. The van der Waals surface area contributed by atoms with Gasteiger partial charge in [0.1, 0.15) is 11.5 Å². The third-order valence-corrected chi connectivity index (χ3v) is 5.84. The van der Waals surface area contributed by atoms with Gasteiger partial charge < -0.3 is 14.8 Å². The van der Waals surface area contributed by atoms with E-state index >= 15 is 0 Å². The molecule has 2 aromatic carbocycles. The quantitative estimate of drug-likeness (QED) is 0.587. The number of carbonyl (C=O) groups is 3. The predicted molar refractivity (Wildman–Crippen MR) is 116 cm³/mol. The van der Waals surface area contributed by atoms with Crippen molar-refractivity contribution in [1.29, 1.82) is 0 Å². The Hall–Kier alpha value is -3.61. The summed E-state index contributed by atoms with van der Waals surface area (Å²) in [5.74, 6) is -0.375. The number of methoxy groups -OCH3 is 2. The molecular weight excluding hydrogens is 396 g/mol. The van der Waals surface area contributed by atoms with Gasteiger partial charge in [-0.15, -0.1) is 0 Å². The summed E-state index contributed by atoms with van der Waals surface area (Å²) in [5, 5.41) is 2.81. The van der Waals surface area contributed by atoms with Crippen LogP contribution in [-0.4, -0.2) is 31.9 Å². The van der Waals surface area contributed by atoms with Crippen molar-refractivity contribution in [2.24, 2.45) is 11.8 Å². The lowest BCUT2D eigenvalue weighted by atomic mass is 9.82. The molecule has 4 rings (SSSR count). The largest absolute Gasteiger partial charge is 0.497 e. The number of carbonyl (C=O) groups excluding carboxylic acids is 3. The van der Waals surface area contributed by atoms with E-state index in [1.807, 2.05) is 13.0 Å². The minimum Gasteiger partial charge on any atom is -0.497 e. The van der Waals surface area contributed by atoms with Crippen LogP contribution in [0.1, 0.15) is 30.1 Å². The van der Waals surface area contributed by atoms with E-state index in [-0.39, 0.29) is 29.6 Å². The molecule has 2 atom stereocenters. The van der Waals surface area contributed by atoms with E-state index < -0.39 is 0 Å². The maximum Gasteiger partial charge on any atom is 0.255 e. The van der Waals surface area contributed by atoms with Gasteiger partial charge in [0, 0.05) is 11.6 Å². The molecule has 0 unspecified atom stereocenters. The molecule has 1 aliphatic heterocycles. The zero-order chi connectivity index (χ0) is 22.1. The monoisotopic (exact) mass is 420 g/mol. The van der Waals surface area contributed by atoms with Gasteiger partial charge >= 0.3 is 0 Å². The first-order valence-electron chi connectivity index (χ1n) is 10.1. The van der Waals surface area contributed by atoms with Crippen molar-refractivity contribution in [2.75, 3.05) is 24.4 Å². The Labute approximate surface area is 180 Å². The minimum atomic E-state index is -0.387. The molecule has 1 fully saturated rings. The molecule has 2 aliphatic rings. The van der Waals surface area contributed by atoms with Crippen molar-refractivity contribution >= 4 is 29.1 Å². The second kappa shape index (κ2) is 8.26. The van der Waals surface area contributed by atoms with Gasteiger partial charge in [-0.3, -0.25) is 19.3 Å². The SMILES string of the molecule is COc1ccc(OC)c(NC(=O)c2cccc(N3C(=O)[C@H]4CC=C(C)C[C@@H]4C3=O)c2)c1. The molecule has 0 radical (unpaired) electrons. The topological polar surface area (TPSA) is 84.9 Å². The van der Waals surface area contributed by atoms with Gasteiger partial charge in [-0.05, 0) is 50.1 Å². The van der Waals surface area contributed by atoms with Gasteiger partial charge in [0.25, 0.3) is 5.91 Å². The second-order valence-electron chi connectivity index (χ2n) is 7.79. The van der Waals surface area contributed by atoms with E-state index in [9.17, 15) is 14.4 Å². The standard InChI is InChI=1S/C24H24N2O5/c1-14-7-9-18-19(11-14)24(29)26(23(18)28)16-6-4-5-15(12-16)22(27)25-20-13-17(30-2)8-10-21(20)31-3/h4-8,10,12-13,18-19H,9,11H2,1-3H3,(H,25,27)/t18-,19-/m0/s1. The molecule has 0 aromatic heterocycles. The summed E-state index contributed by atoms with van der Waals surface area (Å²) in [4.78, 5) is 40.0. The molecule has 2 aromatic rings. The average Bonchev–Trinajstić information content (AvgIpc) is 3.03. The molecular formula is C24H24N2O5. The van der Waals surface area contributed by atoms with Gasteiger partial charge in [0.2, 0.25) is 11.8 Å². The number of anilines is 2. The Morgan fingerprint density at radius 3 is 2.55 bits per heavy atom. The first-order chi connectivity index (χ1) is 14.9. The van der Waals surface area contributed by atoms with Crippen LogP contribution in [0.15, 0.2) is 54.1 Å². The Morgan fingerprint density at radius 1 is 1.03 bits per heavy atom. The highest BCUT2D eigenvalue weighted by molar-refractivity contribution is 6.22. The summed E-state index contributed by atoms with van der Waals surface area (Å²) in [6.45, 7) is 1.98. The number of amides is 3. The number of benzene rings is 2. The van der Waals surface area contributed by atoms with Gasteiger partial charge in [0.15, 0.2) is 0 Å². The normalized spacial score (nSPS) is 20.2. The highest BCUT2D eigenvalue weighted by atomic mass is 16.5. The second-order valence-corrected chi connectivity index (χ2v) is 7.79. The number of allylic oxidation sites excluding steroid dienone is 2. The molecule has 0 saturated carbocycles. The summed E-state index contributed by atoms with van der Waals surface area (Å²) in [7, 11) is 3.05. The van der Waals surface area contributed by atoms with Gasteiger partial charge in [-0.2, -0.15) is 0 Å². The van der Waals surface area contributed by atoms with E-state index in [0.29, 0.717) is 41.3 Å². The summed E-state index contributed by atoms with van der Waals surface area (Å²) in [5.41, 5.74) is 2.32. The van der Waals surface area contributed by atoms with Crippen LogP contribution in [0.3, 0.4) is 0 Å². The van der Waals surface area contributed by atoms with Crippen LogP contribution in [0.5, 0.6) is 11.5 Å².